The van der Waals surface area contributed by atoms with Crippen LogP contribution in [0.25, 0.3) is 0 Å². The number of amides is 1. The van der Waals surface area contributed by atoms with Crippen LogP contribution >= 0.6 is 0 Å². The Kier molecular flexibility index (Phi) is 32.1. The third-order valence-corrected chi connectivity index (χ3v) is 8.52. The lowest BCUT2D eigenvalue weighted by atomic mass is 10.0. The molecule has 0 unspecified atom stereocenters. The molecule has 1 amide bonds. The van der Waals surface area contributed by atoms with Crippen molar-refractivity contribution in [1.29, 1.82) is 0 Å². The zero-order valence-electron chi connectivity index (χ0n) is 28.6. The molecule has 6 nitrogen and oxygen atoms in total. The van der Waals surface area contributed by atoms with Gasteiger partial charge in [0.2, 0.25) is 5.91 Å². The number of carbonyl (C=O) groups excluding carboxylic acids is 2. The Morgan fingerprint density at radius 3 is 1.23 bits per heavy atom. The van der Waals surface area contributed by atoms with Crippen molar-refractivity contribution in [3.05, 3.63) is 0 Å². The summed E-state index contributed by atoms with van der Waals surface area (Å²) >= 11 is 0. The molecule has 0 aliphatic carbocycles. The third-order valence-electron chi connectivity index (χ3n) is 8.52. The second kappa shape index (κ2) is 33.3. The largest absolute Gasteiger partial charge is 0.481 e. The van der Waals surface area contributed by atoms with Crippen molar-refractivity contribution < 1.29 is 24.2 Å². The van der Waals surface area contributed by atoms with Gasteiger partial charge in [0, 0.05) is 12.8 Å². The molecule has 0 saturated heterocycles. The van der Waals surface area contributed by atoms with E-state index in [0.29, 0.717) is 13.0 Å². The van der Waals surface area contributed by atoms with Gasteiger partial charge in [-0.1, -0.05) is 174 Å². The van der Waals surface area contributed by atoms with Crippen molar-refractivity contribution in [2.75, 3.05) is 6.61 Å². The zero-order valence-corrected chi connectivity index (χ0v) is 28.6. The van der Waals surface area contributed by atoms with E-state index in [2.05, 4.69) is 19.2 Å². The van der Waals surface area contributed by atoms with Crippen LogP contribution in [0.2, 0.25) is 0 Å². The van der Waals surface area contributed by atoms with Gasteiger partial charge in [-0.15, -0.1) is 0 Å². The molecule has 0 radical (unpaired) electrons. The first-order valence-electron chi connectivity index (χ1n) is 18.7. The molecule has 0 bridgehead atoms. The van der Waals surface area contributed by atoms with Crippen molar-refractivity contribution in [2.24, 2.45) is 0 Å². The van der Waals surface area contributed by atoms with Gasteiger partial charge in [-0.2, -0.15) is 0 Å². The summed E-state index contributed by atoms with van der Waals surface area (Å²) in [6.45, 7) is 4.84. The highest BCUT2D eigenvalue weighted by molar-refractivity contribution is 5.84. The van der Waals surface area contributed by atoms with Gasteiger partial charge in [0.25, 0.3) is 0 Å². The smallest absolute Gasteiger partial charge is 0.328 e. The number of carbonyl (C=O) groups is 3. The maximum Gasteiger partial charge on any atom is 0.328 e. The number of ether oxygens (including phenoxy) is 1. The molecule has 43 heavy (non-hydrogen) atoms. The summed E-state index contributed by atoms with van der Waals surface area (Å²) in [4.78, 5) is 36.1. The second-order valence-corrected chi connectivity index (χ2v) is 12.8. The molecular weight excluding hydrogens is 538 g/mol. The van der Waals surface area contributed by atoms with E-state index in [0.717, 1.165) is 38.5 Å². The van der Waals surface area contributed by atoms with E-state index in [9.17, 15) is 14.4 Å². The lowest BCUT2D eigenvalue weighted by Gasteiger charge is -2.17. The van der Waals surface area contributed by atoms with Crippen molar-refractivity contribution in [3.8, 4) is 0 Å². The Labute approximate surface area is 266 Å². The lowest BCUT2D eigenvalue weighted by Crippen LogP contribution is -2.42. The first-order valence-corrected chi connectivity index (χ1v) is 18.7. The number of hydrogen-bond acceptors (Lipinski definition) is 4. The topological polar surface area (TPSA) is 92.7 Å². The molecule has 0 saturated carbocycles. The monoisotopic (exact) mass is 610 g/mol. The Hall–Kier alpha value is -1.59. The van der Waals surface area contributed by atoms with Gasteiger partial charge in [0.05, 0.1) is 6.61 Å². The number of esters is 1. The van der Waals surface area contributed by atoms with Crippen LogP contribution in [0.4, 0.5) is 0 Å². The highest BCUT2D eigenvalue weighted by Crippen LogP contribution is 2.15. The number of hydrogen-bond donors (Lipinski definition) is 2. The lowest BCUT2D eigenvalue weighted by molar-refractivity contribution is -0.148. The van der Waals surface area contributed by atoms with Gasteiger partial charge >= 0.3 is 11.9 Å². The van der Waals surface area contributed by atoms with E-state index in [4.69, 9.17) is 9.84 Å². The van der Waals surface area contributed by atoms with E-state index in [1.807, 2.05) is 0 Å². The van der Waals surface area contributed by atoms with E-state index >= 15 is 0 Å². The normalized spacial score (nSPS) is 11.9. The maximum absolute atomic E-state index is 12.6. The number of aliphatic carboxylic acids is 1. The van der Waals surface area contributed by atoms with E-state index in [1.54, 1.807) is 0 Å². The highest BCUT2D eigenvalue weighted by atomic mass is 16.5. The molecule has 0 fully saturated rings. The first-order chi connectivity index (χ1) is 21.0. The molecule has 0 aliphatic heterocycles. The number of rotatable bonds is 34. The predicted octanol–water partition coefficient (Wildman–Crippen LogP) is 10.8. The number of carboxylic acid groups (broad SMARTS) is 1. The molecule has 0 heterocycles. The van der Waals surface area contributed by atoms with Crippen LogP contribution in [-0.4, -0.2) is 35.6 Å². The summed E-state index contributed by atoms with van der Waals surface area (Å²) in [5.74, 6) is -1.67. The van der Waals surface area contributed by atoms with Crippen LogP contribution < -0.4 is 5.32 Å². The highest BCUT2D eigenvalue weighted by Gasteiger charge is 2.23. The van der Waals surface area contributed by atoms with Crippen molar-refractivity contribution in [1.82, 2.24) is 5.32 Å². The van der Waals surface area contributed by atoms with Gasteiger partial charge in [-0.25, -0.2) is 4.79 Å². The van der Waals surface area contributed by atoms with Crippen molar-refractivity contribution in [2.45, 2.75) is 213 Å². The minimum Gasteiger partial charge on any atom is -0.481 e. The van der Waals surface area contributed by atoms with E-state index in [-0.39, 0.29) is 18.7 Å². The van der Waals surface area contributed by atoms with Crippen LogP contribution in [0, 0.1) is 0 Å². The minimum absolute atomic E-state index is 0.0666. The Bertz CT molecular complexity index is 638. The summed E-state index contributed by atoms with van der Waals surface area (Å²) in [5.41, 5.74) is 0. The molecule has 0 rings (SSSR count). The number of carboxylic acids is 1. The standard InChI is InChI=1S/C37H71NO5/c1-3-5-7-9-11-13-15-16-17-18-19-21-23-25-27-29-33-43-37(42)34(31-32-36(40)41)38-35(39)30-28-26-24-22-20-14-12-10-8-6-4-2/h34H,3-33H2,1-2H3,(H,38,39)(H,40,41)/t34-/m0/s1. The molecule has 0 aromatic carbocycles. The molecule has 6 heteroatoms. The Morgan fingerprint density at radius 2 is 0.860 bits per heavy atom. The number of unbranched alkanes of at least 4 members (excludes halogenated alkanes) is 25. The summed E-state index contributed by atoms with van der Waals surface area (Å²) in [5, 5.41) is 11.8. The molecule has 0 aromatic rings. The molecule has 0 spiro atoms. The van der Waals surface area contributed by atoms with Crippen LogP contribution in [0.1, 0.15) is 206 Å². The quantitative estimate of drug-likeness (QED) is 0.0559. The molecular formula is C37H71NO5. The maximum atomic E-state index is 12.6. The fourth-order valence-corrected chi connectivity index (χ4v) is 5.66. The first kappa shape index (κ1) is 41.4. The van der Waals surface area contributed by atoms with Crippen LogP contribution in [-0.2, 0) is 19.1 Å². The molecule has 254 valence electrons. The molecule has 0 aromatic heterocycles. The minimum atomic E-state index is -0.977. The van der Waals surface area contributed by atoms with Gasteiger partial charge in [0.1, 0.15) is 6.04 Å². The van der Waals surface area contributed by atoms with Gasteiger partial charge < -0.3 is 15.2 Å². The fourth-order valence-electron chi connectivity index (χ4n) is 5.66. The van der Waals surface area contributed by atoms with Crippen molar-refractivity contribution >= 4 is 17.8 Å². The van der Waals surface area contributed by atoms with Gasteiger partial charge in [0.15, 0.2) is 0 Å². The average molecular weight is 610 g/mol. The van der Waals surface area contributed by atoms with Crippen LogP contribution in [0.5, 0.6) is 0 Å². The average Bonchev–Trinajstić information content (AvgIpc) is 2.99. The van der Waals surface area contributed by atoms with Crippen LogP contribution in [0.15, 0.2) is 0 Å². The van der Waals surface area contributed by atoms with Gasteiger partial charge in [-0.05, 0) is 19.3 Å². The summed E-state index contributed by atoms with van der Waals surface area (Å²) in [6.07, 6.45) is 34.3. The Morgan fingerprint density at radius 1 is 0.512 bits per heavy atom. The van der Waals surface area contributed by atoms with Gasteiger partial charge in [-0.3, -0.25) is 9.59 Å². The fraction of sp³-hybridized carbons (Fsp3) is 0.919. The number of nitrogens with one attached hydrogen (secondary N) is 1. The molecule has 2 N–H and O–H groups in total. The van der Waals surface area contributed by atoms with E-state index < -0.39 is 18.0 Å². The SMILES string of the molecule is CCCCCCCCCCCCCCCCCCOC(=O)[C@H](CCC(=O)O)NC(=O)CCCCCCCCCCCCC. The summed E-state index contributed by atoms with van der Waals surface area (Å²) in [6, 6.07) is -0.877. The van der Waals surface area contributed by atoms with Crippen molar-refractivity contribution in [3.63, 3.8) is 0 Å². The molecule has 1 atom stereocenters. The summed E-state index contributed by atoms with van der Waals surface area (Å²) < 4.78 is 5.42. The predicted molar refractivity (Wildman–Crippen MR) is 180 cm³/mol. The molecule has 0 aliphatic rings. The summed E-state index contributed by atoms with van der Waals surface area (Å²) in [7, 11) is 0. The zero-order chi connectivity index (χ0) is 31.6. The van der Waals surface area contributed by atoms with Crippen LogP contribution in [0.3, 0.4) is 0 Å². The Balaban J connectivity index is 3.82. The third kappa shape index (κ3) is 31.6. The second-order valence-electron chi connectivity index (χ2n) is 12.8. The van der Waals surface area contributed by atoms with E-state index in [1.165, 1.54) is 135 Å².